The van der Waals surface area contributed by atoms with E-state index >= 15 is 0 Å². The molecule has 0 radical (unpaired) electrons. The molecular weight excluding hydrogens is 1560 g/mol. The second kappa shape index (κ2) is 27.9. The molecule has 0 atom stereocenters. The van der Waals surface area contributed by atoms with E-state index in [1.54, 1.807) is 0 Å². The van der Waals surface area contributed by atoms with Crippen molar-refractivity contribution in [2.24, 2.45) is 0 Å². The van der Waals surface area contributed by atoms with Crippen molar-refractivity contribution in [1.82, 2.24) is 38.2 Å². The number of benzene rings is 21. The monoisotopic (exact) mass is 1630 g/mol. The Morgan fingerprint density at radius 2 is 0.598 bits per heavy atom. The zero-order chi connectivity index (χ0) is 83.1. The molecule has 21 aromatic carbocycles. The van der Waals surface area contributed by atoms with Gasteiger partial charge >= 0.3 is 0 Å². The van der Waals surface area contributed by atoms with E-state index in [4.69, 9.17) is 19.9 Å². The van der Waals surface area contributed by atoms with Gasteiger partial charge < -0.3 is 18.3 Å². The maximum atomic E-state index is 5.46. The van der Waals surface area contributed by atoms with Crippen LogP contribution in [0.2, 0.25) is 0 Å². The SMILES string of the molecule is c1cc(-n2c3ccccc3c3ccc4ccccc4c32)c2cc3c(cc2c1)c1ccccc1n3-c1cccc2c(-c3nc4ccccc4nc3-c3ccc4sc5ccccc5c4c3)cccc12.c1ccc(-c2nc3ccccc3nc2-c2ccc3cc(-n4c5ccc(-n6c7ccccc7c7ccc8ccccc8c76)cc5c5cc6ccccc6cc54)ccc3c2)cc1. The molecule has 0 spiro atoms. The maximum absolute atomic E-state index is 5.46. The number of nitrogens with zero attached hydrogens (tertiary/aromatic N) is 8. The summed E-state index contributed by atoms with van der Waals surface area (Å²) in [6.07, 6.45) is 0. The highest BCUT2D eigenvalue weighted by Crippen LogP contribution is 2.48. The number of para-hydroxylation sites is 7. The Hall–Kier alpha value is -16.7. The molecule has 28 rings (SSSR count). The minimum Gasteiger partial charge on any atom is -0.309 e. The smallest absolute Gasteiger partial charge is 0.0979 e. The first-order valence-electron chi connectivity index (χ1n) is 43.3. The van der Waals surface area contributed by atoms with Crippen molar-refractivity contribution in [3.05, 3.63) is 425 Å². The van der Waals surface area contributed by atoms with Gasteiger partial charge in [0.1, 0.15) is 0 Å². The zero-order valence-corrected chi connectivity index (χ0v) is 69.2. The average Bonchev–Trinajstić information content (AvgIpc) is 1.56. The number of rotatable bonds is 8. The van der Waals surface area contributed by atoms with Crippen molar-refractivity contribution >= 4 is 205 Å². The number of thiophene rings is 1. The van der Waals surface area contributed by atoms with Gasteiger partial charge in [0.2, 0.25) is 0 Å². The molecule has 0 bridgehead atoms. The van der Waals surface area contributed by atoms with Gasteiger partial charge in [-0.3, -0.25) is 0 Å². The van der Waals surface area contributed by atoms with Gasteiger partial charge in [-0.1, -0.05) is 291 Å². The van der Waals surface area contributed by atoms with Crippen molar-refractivity contribution in [3.63, 3.8) is 0 Å². The van der Waals surface area contributed by atoms with E-state index in [9.17, 15) is 0 Å². The fourth-order valence-corrected chi connectivity index (χ4v) is 21.8. The molecule has 0 amide bonds. The molecule has 0 unspecified atom stereocenters. The predicted molar refractivity (Wildman–Crippen MR) is 536 cm³/mol. The van der Waals surface area contributed by atoms with Gasteiger partial charge in [-0.25, -0.2) is 19.9 Å². The molecule has 0 aliphatic rings. The van der Waals surface area contributed by atoms with Crippen molar-refractivity contribution in [2.45, 2.75) is 0 Å². The first kappa shape index (κ1) is 70.9. The van der Waals surface area contributed by atoms with Crippen LogP contribution in [0.1, 0.15) is 0 Å². The van der Waals surface area contributed by atoms with Gasteiger partial charge in [0.25, 0.3) is 0 Å². The van der Waals surface area contributed by atoms with Crippen molar-refractivity contribution < 1.29 is 0 Å². The van der Waals surface area contributed by atoms with Crippen LogP contribution in [0.25, 0.3) is 262 Å². The first-order valence-corrected chi connectivity index (χ1v) is 44.1. The van der Waals surface area contributed by atoms with Gasteiger partial charge in [-0.05, 0) is 177 Å². The van der Waals surface area contributed by atoms with Crippen LogP contribution >= 0.6 is 11.3 Å². The molecule has 0 aliphatic carbocycles. The molecule has 0 saturated carbocycles. The minimum atomic E-state index is 0.872. The lowest BCUT2D eigenvalue weighted by Gasteiger charge is -2.16. The molecule has 7 heterocycles. The Morgan fingerprint density at radius 3 is 1.31 bits per heavy atom. The van der Waals surface area contributed by atoms with Crippen LogP contribution in [0.3, 0.4) is 0 Å². The van der Waals surface area contributed by atoms with Crippen LogP contribution < -0.4 is 0 Å². The summed E-state index contributed by atoms with van der Waals surface area (Å²) in [4.78, 5) is 21.2. The van der Waals surface area contributed by atoms with Gasteiger partial charge in [0.15, 0.2) is 0 Å². The van der Waals surface area contributed by atoms with E-state index in [2.05, 4.69) is 400 Å². The molecule has 8 nitrogen and oxygen atoms in total. The van der Waals surface area contributed by atoms with Crippen LogP contribution in [0.5, 0.6) is 0 Å². The molecule has 28 aromatic rings. The van der Waals surface area contributed by atoms with Crippen LogP contribution in [0.4, 0.5) is 0 Å². The van der Waals surface area contributed by atoms with E-state index < -0.39 is 0 Å². The van der Waals surface area contributed by atoms with Gasteiger partial charge in [0.05, 0.1) is 100 Å². The highest BCUT2D eigenvalue weighted by molar-refractivity contribution is 7.25. The van der Waals surface area contributed by atoms with Crippen molar-refractivity contribution in [1.29, 1.82) is 0 Å². The summed E-state index contributed by atoms with van der Waals surface area (Å²) in [5.41, 5.74) is 25.3. The third-order valence-electron chi connectivity index (χ3n) is 26.5. The molecule has 9 heteroatoms. The van der Waals surface area contributed by atoms with Crippen LogP contribution in [0.15, 0.2) is 425 Å². The Kier molecular flexibility index (Phi) is 15.6. The quantitative estimate of drug-likeness (QED) is 0.152. The third-order valence-corrected chi connectivity index (χ3v) is 27.6. The molecule has 0 N–H and O–H groups in total. The van der Waals surface area contributed by atoms with E-state index in [1.807, 2.05) is 53.8 Å². The van der Waals surface area contributed by atoms with Gasteiger partial charge in [0, 0.05) is 118 Å². The second-order valence-electron chi connectivity index (χ2n) is 33.5. The number of hydrogen-bond donors (Lipinski definition) is 0. The van der Waals surface area contributed by atoms with Gasteiger partial charge in [-0.2, -0.15) is 0 Å². The van der Waals surface area contributed by atoms with Crippen LogP contribution in [-0.4, -0.2) is 38.2 Å². The van der Waals surface area contributed by atoms with E-state index in [0.29, 0.717) is 0 Å². The Morgan fingerprint density at radius 1 is 0.173 bits per heavy atom. The Labute approximate surface area is 730 Å². The highest BCUT2D eigenvalue weighted by Gasteiger charge is 2.26. The number of hydrogen-bond acceptors (Lipinski definition) is 5. The van der Waals surface area contributed by atoms with Crippen molar-refractivity contribution in [3.8, 4) is 67.8 Å². The summed E-state index contributed by atoms with van der Waals surface area (Å²) in [5.74, 6) is 0. The fourth-order valence-electron chi connectivity index (χ4n) is 20.7. The first-order chi connectivity index (χ1) is 63.0. The van der Waals surface area contributed by atoms with E-state index in [0.717, 1.165) is 122 Å². The van der Waals surface area contributed by atoms with Crippen LogP contribution in [-0.2, 0) is 0 Å². The maximum Gasteiger partial charge on any atom is 0.0979 e. The summed E-state index contributed by atoms with van der Waals surface area (Å²) < 4.78 is 12.4. The lowest BCUT2D eigenvalue weighted by molar-refractivity contribution is 1.17. The van der Waals surface area contributed by atoms with E-state index in [-0.39, 0.29) is 0 Å². The summed E-state index contributed by atoms with van der Waals surface area (Å²) in [5, 5.41) is 26.8. The summed E-state index contributed by atoms with van der Waals surface area (Å²) in [6.45, 7) is 0. The fraction of sp³-hybridized carbons (Fsp3) is 0. The molecule has 0 fully saturated rings. The second-order valence-corrected chi connectivity index (χ2v) is 34.5. The predicted octanol–water partition coefficient (Wildman–Crippen LogP) is 31.6. The molecule has 127 heavy (non-hydrogen) atoms. The minimum absolute atomic E-state index is 0.872. The topological polar surface area (TPSA) is 71.3 Å². The van der Waals surface area contributed by atoms with Crippen LogP contribution in [0, 0.1) is 0 Å². The summed E-state index contributed by atoms with van der Waals surface area (Å²) >= 11 is 1.83. The average molecular weight is 1630 g/mol. The third kappa shape index (κ3) is 11.0. The van der Waals surface area contributed by atoms with E-state index in [1.165, 1.54) is 139 Å². The lowest BCUT2D eigenvalue weighted by atomic mass is 9.96. The standard InChI is InChI=1S/C62H36N4S.C56H34N4/c1-2-16-40-37(14-1)30-32-47-43-17-3-9-26-55(43)66(62(40)47)56-27-11-15-38-34-49-44-18-4-8-25-53(44)65(57(49)36-48(38)56)54-28-13-20-41-42(54)21-12-22-46(41)61-60(63-51-23-6-7-24-52(51)64-61)39-31-33-59-50(35-39)45-19-5-10-29-58(45)67-59;1-2-13-36(14-3-1)54-55(58-50-20-10-9-19-49(50)57-54)41-23-22-40-31-42(26-24-39(40)30-41)59-52-29-27-43(34-48(52)47-32-37-15-4-5-16-38(37)33-53(47)59)60-51-21-11-8-18-45(51)46-28-25-35-12-6-7-17-44(35)56(46)60/h1-36H;1-34H. The summed E-state index contributed by atoms with van der Waals surface area (Å²) in [7, 11) is 0. The highest BCUT2D eigenvalue weighted by atomic mass is 32.1. The molecule has 588 valence electrons. The zero-order valence-electron chi connectivity index (χ0n) is 68.4. The summed E-state index contributed by atoms with van der Waals surface area (Å²) in [6, 6.07) is 154. The largest absolute Gasteiger partial charge is 0.309 e. The lowest BCUT2D eigenvalue weighted by Crippen LogP contribution is -1.99. The normalized spacial score (nSPS) is 12.1. The molecule has 0 aliphatic heterocycles. The number of fused-ring (bicyclic) bond motifs is 25. The Balaban J connectivity index is 0.000000132. The van der Waals surface area contributed by atoms with Crippen molar-refractivity contribution in [2.75, 3.05) is 0 Å². The number of aromatic nitrogens is 8. The molecule has 0 saturated heterocycles. The van der Waals surface area contributed by atoms with Gasteiger partial charge in [-0.15, -0.1) is 11.3 Å². The molecule has 7 aromatic heterocycles. The molecular formula is C118H70N8S. The Bertz CT molecular complexity index is 9580.